The summed E-state index contributed by atoms with van der Waals surface area (Å²) >= 11 is 0. The van der Waals surface area contributed by atoms with Gasteiger partial charge in [0.05, 0.1) is 0 Å². The highest BCUT2D eigenvalue weighted by Gasteiger charge is 2.01. The Labute approximate surface area is 108 Å². The second-order valence-corrected chi connectivity index (χ2v) is 5.54. The lowest BCUT2D eigenvalue weighted by Crippen LogP contribution is -2.19. The lowest BCUT2D eigenvalue weighted by molar-refractivity contribution is 0.528. The summed E-state index contributed by atoms with van der Waals surface area (Å²) in [7, 11) is 0. The first-order valence-corrected chi connectivity index (χ1v) is 7.06. The van der Waals surface area contributed by atoms with Crippen LogP contribution in [0.4, 0.5) is 0 Å². The third kappa shape index (κ3) is 13.4. The molecular formula is C16H31N. The molecule has 0 saturated carbocycles. The molecule has 0 aliphatic rings. The van der Waals surface area contributed by atoms with E-state index < -0.39 is 0 Å². The Morgan fingerprint density at radius 2 is 1.41 bits per heavy atom. The van der Waals surface area contributed by atoms with E-state index in [-0.39, 0.29) is 0 Å². The van der Waals surface area contributed by atoms with Gasteiger partial charge in [-0.2, -0.15) is 0 Å². The molecule has 1 nitrogen and oxygen atoms in total. The lowest BCUT2D eigenvalue weighted by Gasteiger charge is -2.10. The van der Waals surface area contributed by atoms with Crippen LogP contribution in [0.2, 0.25) is 0 Å². The van der Waals surface area contributed by atoms with Gasteiger partial charge in [0.15, 0.2) is 0 Å². The summed E-state index contributed by atoms with van der Waals surface area (Å²) in [6.45, 7) is 12.0. The summed E-state index contributed by atoms with van der Waals surface area (Å²) in [4.78, 5) is 0. The Morgan fingerprint density at radius 3 is 1.94 bits per heavy atom. The van der Waals surface area contributed by atoms with Gasteiger partial charge in [0.2, 0.25) is 0 Å². The summed E-state index contributed by atoms with van der Waals surface area (Å²) in [5, 5.41) is 0. The van der Waals surface area contributed by atoms with Gasteiger partial charge >= 0.3 is 0 Å². The minimum atomic E-state index is 0.330. The van der Waals surface area contributed by atoms with Gasteiger partial charge in [0.1, 0.15) is 0 Å². The Morgan fingerprint density at radius 1 is 0.882 bits per heavy atom. The van der Waals surface area contributed by atoms with Crippen molar-refractivity contribution >= 4 is 0 Å². The molecule has 0 amide bonds. The van der Waals surface area contributed by atoms with Crippen LogP contribution in [0.25, 0.3) is 0 Å². The number of nitrogens with two attached hydrogens (primary N) is 1. The van der Waals surface area contributed by atoms with Gasteiger partial charge in [-0.3, -0.25) is 0 Å². The Balaban J connectivity index is 3.18. The van der Waals surface area contributed by atoms with Crippen molar-refractivity contribution in [3.8, 4) is 0 Å². The molecule has 1 unspecified atom stereocenters. The Bertz CT molecular complexity index is 218. The van der Waals surface area contributed by atoms with E-state index in [9.17, 15) is 0 Å². The van der Waals surface area contributed by atoms with Gasteiger partial charge < -0.3 is 5.73 Å². The summed E-state index contributed by atoms with van der Waals surface area (Å²) < 4.78 is 0. The molecule has 1 heteroatoms. The quantitative estimate of drug-likeness (QED) is 0.398. The van der Waals surface area contributed by atoms with Crippen molar-refractivity contribution in [2.24, 2.45) is 5.73 Å². The molecule has 0 spiro atoms. The highest BCUT2D eigenvalue weighted by molar-refractivity contribution is 4.91. The van der Waals surface area contributed by atoms with Crippen LogP contribution in [0.5, 0.6) is 0 Å². The Hall–Kier alpha value is -0.560. The minimum Gasteiger partial charge on any atom is -0.327 e. The first kappa shape index (κ1) is 16.4. The van der Waals surface area contributed by atoms with E-state index in [1.54, 1.807) is 0 Å². The fourth-order valence-electron chi connectivity index (χ4n) is 2.09. The molecule has 100 valence electrons. The van der Waals surface area contributed by atoms with Crippen LogP contribution >= 0.6 is 0 Å². The smallest absolute Gasteiger partial charge is 0.00758 e. The van der Waals surface area contributed by atoms with Crippen LogP contribution < -0.4 is 5.73 Å². The van der Waals surface area contributed by atoms with E-state index in [1.807, 2.05) is 0 Å². The largest absolute Gasteiger partial charge is 0.327 e. The maximum absolute atomic E-state index is 6.00. The van der Waals surface area contributed by atoms with Crippen molar-refractivity contribution in [2.75, 3.05) is 0 Å². The summed E-state index contributed by atoms with van der Waals surface area (Å²) in [6, 6.07) is 0.330. The molecule has 17 heavy (non-hydrogen) atoms. The highest BCUT2D eigenvalue weighted by atomic mass is 14.6. The van der Waals surface area contributed by atoms with Gasteiger partial charge in [-0.05, 0) is 39.5 Å². The SMILES string of the molecule is C=C(C)CCCCCCCCC(N)CC(=C)C. The fourth-order valence-corrected chi connectivity index (χ4v) is 2.09. The van der Waals surface area contributed by atoms with Crippen LogP contribution in [-0.4, -0.2) is 6.04 Å². The minimum absolute atomic E-state index is 0.330. The van der Waals surface area contributed by atoms with E-state index in [1.165, 1.54) is 56.1 Å². The number of hydrogen-bond donors (Lipinski definition) is 1. The zero-order valence-corrected chi connectivity index (χ0v) is 11.9. The topological polar surface area (TPSA) is 26.0 Å². The number of hydrogen-bond acceptors (Lipinski definition) is 1. The number of unbranched alkanes of at least 4 members (excludes halogenated alkanes) is 5. The number of rotatable bonds is 11. The van der Waals surface area contributed by atoms with Crippen LogP contribution in [0, 0.1) is 0 Å². The van der Waals surface area contributed by atoms with E-state index in [2.05, 4.69) is 27.0 Å². The lowest BCUT2D eigenvalue weighted by atomic mass is 10.0. The molecular weight excluding hydrogens is 206 g/mol. The van der Waals surface area contributed by atoms with Crippen LogP contribution in [0.15, 0.2) is 24.3 Å². The van der Waals surface area contributed by atoms with Gasteiger partial charge in [0.25, 0.3) is 0 Å². The average molecular weight is 237 g/mol. The van der Waals surface area contributed by atoms with E-state index in [0.29, 0.717) is 6.04 Å². The molecule has 0 rings (SSSR count). The monoisotopic (exact) mass is 237 g/mol. The normalized spacial score (nSPS) is 12.4. The summed E-state index contributed by atoms with van der Waals surface area (Å²) in [5.41, 5.74) is 8.52. The molecule has 2 N–H and O–H groups in total. The molecule has 0 aromatic carbocycles. The van der Waals surface area contributed by atoms with Crippen LogP contribution in [-0.2, 0) is 0 Å². The molecule has 0 fully saturated rings. The van der Waals surface area contributed by atoms with Gasteiger partial charge in [-0.1, -0.05) is 43.3 Å². The van der Waals surface area contributed by atoms with Crippen molar-refractivity contribution in [1.29, 1.82) is 0 Å². The molecule has 0 radical (unpaired) electrons. The fraction of sp³-hybridized carbons (Fsp3) is 0.750. The molecule has 0 aliphatic heterocycles. The second-order valence-electron chi connectivity index (χ2n) is 5.54. The average Bonchev–Trinajstić information content (AvgIpc) is 2.20. The first-order valence-electron chi connectivity index (χ1n) is 7.06. The third-order valence-electron chi connectivity index (χ3n) is 3.04. The standard InChI is InChI=1S/C16H31N/c1-14(2)11-9-7-5-6-8-10-12-16(17)13-15(3)4/h16H,1,3,5-13,17H2,2,4H3. The van der Waals surface area contributed by atoms with Gasteiger partial charge in [0, 0.05) is 6.04 Å². The van der Waals surface area contributed by atoms with E-state index in [4.69, 9.17) is 5.73 Å². The number of allylic oxidation sites excluding steroid dienone is 1. The molecule has 0 heterocycles. The predicted molar refractivity (Wildman–Crippen MR) is 79.2 cm³/mol. The maximum atomic E-state index is 6.00. The third-order valence-corrected chi connectivity index (χ3v) is 3.04. The van der Waals surface area contributed by atoms with Crippen molar-refractivity contribution in [3.05, 3.63) is 24.3 Å². The molecule has 0 bridgehead atoms. The maximum Gasteiger partial charge on any atom is 0.00758 e. The van der Waals surface area contributed by atoms with Gasteiger partial charge in [-0.15, -0.1) is 13.2 Å². The molecule has 0 aromatic heterocycles. The highest BCUT2D eigenvalue weighted by Crippen LogP contribution is 2.13. The molecule has 0 aliphatic carbocycles. The van der Waals surface area contributed by atoms with E-state index >= 15 is 0 Å². The predicted octanol–water partition coefficient (Wildman–Crippen LogP) is 4.98. The Kier molecular flexibility index (Phi) is 10.2. The van der Waals surface area contributed by atoms with E-state index in [0.717, 1.165) is 12.8 Å². The summed E-state index contributed by atoms with van der Waals surface area (Å²) in [5.74, 6) is 0. The van der Waals surface area contributed by atoms with Crippen LogP contribution in [0.3, 0.4) is 0 Å². The zero-order valence-electron chi connectivity index (χ0n) is 11.9. The summed E-state index contributed by atoms with van der Waals surface area (Å²) in [6.07, 6.45) is 11.3. The van der Waals surface area contributed by atoms with Crippen molar-refractivity contribution in [2.45, 2.75) is 77.7 Å². The van der Waals surface area contributed by atoms with Crippen molar-refractivity contribution < 1.29 is 0 Å². The van der Waals surface area contributed by atoms with Crippen molar-refractivity contribution in [1.82, 2.24) is 0 Å². The molecule has 0 saturated heterocycles. The molecule has 1 atom stereocenters. The van der Waals surface area contributed by atoms with Crippen LogP contribution in [0.1, 0.15) is 71.6 Å². The van der Waals surface area contributed by atoms with Crippen molar-refractivity contribution in [3.63, 3.8) is 0 Å². The zero-order chi connectivity index (χ0) is 13.1. The first-order chi connectivity index (χ1) is 8.02. The second kappa shape index (κ2) is 10.6. The molecule has 0 aromatic rings. The van der Waals surface area contributed by atoms with Gasteiger partial charge in [-0.25, -0.2) is 0 Å².